The number of thiophene rings is 1. The molecule has 0 aliphatic heterocycles. The molecule has 0 fully saturated rings. The summed E-state index contributed by atoms with van der Waals surface area (Å²) in [6.07, 6.45) is -2.39. The molecule has 1 aromatic carbocycles. The highest BCUT2D eigenvalue weighted by Gasteiger charge is 2.31. The summed E-state index contributed by atoms with van der Waals surface area (Å²) in [7, 11) is -4.13. The van der Waals surface area contributed by atoms with Crippen LogP contribution in [0.2, 0.25) is 4.34 Å². The van der Waals surface area contributed by atoms with E-state index in [4.69, 9.17) is 11.6 Å². The molecule has 0 saturated carbocycles. The Morgan fingerprint density at radius 2 is 1.85 bits per heavy atom. The van der Waals surface area contributed by atoms with E-state index in [0.29, 0.717) is 6.07 Å². The lowest BCUT2D eigenvalue weighted by atomic mass is 10.1. The van der Waals surface area contributed by atoms with Gasteiger partial charge in [-0.2, -0.15) is 13.2 Å². The minimum absolute atomic E-state index is 0.0172. The highest BCUT2D eigenvalue weighted by atomic mass is 35.5. The Labute approximate surface area is 197 Å². The molecule has 0 bridgehead atoms. The molecular weight excluding hydrogens is 519 g/mol. The number of halogens is 4. The summed E-state index contributed by atoms with van der Waals surface area (Å²) >= 11 is 6.48. The lowest BCUT2D eigenvalue weighted by molar-refractivity contribution is -0.137. The van der Waals surface area contributed by atoms with Crippen molar-refractivity contribution < 1.29 is 26.4 Å². The second-order valence-corrected chi connectivity index (χ2v) is 10.3. The number of sulfonamides is 1. The van der Waals surface area contributed by atoms with E-state index < -0.39 is 33.4 Å². The average molecular weight is 530 g/mol. The largest absolute Gasteiger partial charge is 0.416 e. The highest BCUT2D eigenvalue weighted by molar-refractivity contribution is 7.92. The number of alkyl halides is 3. The van der Waals surface area contributed by atoms with Gasteiger partial charge in [-0.05, 0) is 42.5 Å². The summed E-state index contributed by atoms with van der Waals surface area (Å²) in [6.45, 7) is 0. The van der Waals surface area contributed by atoms with Crippen LogP contribution in [0.3, 0.4) is 0 Å². The first kappa shape index (κ1) is 23.7. The number of rotatable bonds is 4. The Hall–Kier alpha value is -3.49. The number of amides is 2. The predicted molar refractivity (Wildman–Crippen MR) is 119 cm³/mol. The van der Waals surface area contributed by atoms with E-state index in [-0.39, 0.29) is 31.0 Å². The van der Waals surface area contributed by atoms with Crippen LogP contribution in [0, 0.1) is 0 Å². The van der Waals surface area contributed by atoms with Gasteiger partial charge in [0.1, 0.15) is 16.4 Å². The first-order valence-electron chi connectivity index (χ1n) is 9.08. The number of fused-ring (bicyclic) bond motifs is 1. The molecule has 9 nitrogen and oxygen atoms in total. The zero-order valence-corrected chi connectivity index (χ0v) is 18.9. The van der Waals surface area contributed by atoms with E-state index in [9.17, 15) is 31.2 Å². The molecule has 4 rings (SSSR count). The maximum absolute atomic E-state index is 13.0. The molecule has 0 radical (unpaired) electrons. The first-order valence-corrected chi connectivity index (χ1v) is 11.8. The van der Waals surface area contributed by atoms with Crippen LogP contribution in [0.4, 0.5) is 23.7 Å². The third kappa shape index (κ3) is 4.88. The van der Waals surface area contributed by atoms with Crippen molar-refractivity contribution in [3.05, 3.63) is 75.2 Å². The molecule has 0 aliphatic rings. The van der Waals surface area contributed by atoms with Gasteiger partial charge in [-0.3, -0.25) is 9.36 Å². The van der Waals surface area contributed by atoms with Crippen molar-refractivity contribution in [2.45, 2.75) is 10.4 Å². The van der Waals surface area contributed by atoms with Gasteiger partial charge in [-0.15, -0.1) is 11.3 Å². The van der Waals surface area contributed by atoms with Crippen LogP contribution in [0.5, 0.6) is 0 Å². The normalized spacial score (nSPS) is 12.0. The van der Waals surface area contributed by atoms with Gasteiger partial charge in [0.2, 0.25) is 0 Å². The van der Waals surface area contributed by atoms with E-state index >= 15 is 0 Å². The van der Waals surface area contributed by atoms with E-state index in [2.05, 4.69) is 15.3 Å². The van der Waals surface area contributed by atoms with Crippen LogP contribution in [0.25, 0.3) is 16.7 Å². The molecular formula is C19H11ClF3N5O4S2. The summed E-state index contributed by atoms with van der Waals surface area (Å²) in [4.78, 5) is 32.8. The third-order valence-corrected chi connectivity index (χ3v) is 7.43. The van der Waals surface area contributed by atoms with Crippen LogP contribution in [-0.4, -0.2) is 29.0 Å². The maximum Gasteiger partial charge on any atom is 0.416 e. The van der Waals surface area contributed by atoms with Crippen LogP contribution in [0.1, 0.15) is 5.56 Å². The standard InChI is InChI=1S/C19H11ClF3N5O4S2/c20-14-4-6-16(33-14)34(31,32)27-18(30)26-11-2-5-15(24-8-11)28-9-25-13-3-1-10(19(21,22)23)7-12(13)17(28)29/h1-9H,(H2,26,27,30). The van der Waals surface area contributed by atoms with E-state index in [1.165, 1.54) is 24.3 Å². The van der Waals surface area contributed by atoms with Crippen LogP contribution in [0.15, 0.2) is 64.0 Å². The smallest absolute Gasteiger partial charge is 0.306 e. The van der Waals surface area contributed by atoms with E-state index in [0.717, 1.165) is 40.6 Å². The number of urea groups is 1. The number of hydrogen-bond acceptors (Lipinski definition) is 7. The number of aromatic nitrogens is 3. The predicted octanol–water partition coefficient (Wildman–Crippen LogP) is 4.02. The Morgan fingerprint density at radius 1 is 1.09 bits per heavy atom. The molecule has 0 atom stereocenters. The third-order valence-electron chi connectivity index (χ3n) is 4.38. The maximum atomic E-state index is 13.0. The molecule has 0 aliphatic carbocycles. The highest BCUT2D eigenvalue weighted by Crippen LogP contribution is 2.30. The quantitative estimate of drug-likeness (QED) is 0.411. The molecule has 4 aromatic rings. The molecule has 0 saturated heterocycles. The lowest BCUT2D eigenvalue weighted by Gasteiger charge is -2.10. The molecule has 2 N–H and O–H groups in total. The number of pyridine rings is 1. The van der Waals surface area contributed by atoms with Gasteiger partial charge >= 0.3 is 12.2 Å². The van der Waals surface area contributed by atoms with E-state index in [1.807, 2.05) is 4.72 Å². The Balaban J connectivity index is 1.55. The van der Waals surface area contributed by atoms with Crippen LogP contribution in [-0.2, 0) is 16.2 Å². The van der Waals surface area contributed by atoms with Gasteiger partial charge in [0.25, 0.3) is 15.6 Å². The molecule has 0 spiro atoms. The van der Waals surface area contributed by atoms with Crippen molar-refractivity contribution in [3.63, 3.8) is 0 Å². The molecule has 15 heteroatoms. The van der Waals surface area contributed by atoms with Gasteiger partial charge in [-0.1, -0.05) is 11.6 Å². The molecule has 3 heterocycles. The van der Waals surface area contributed by atoms with Crippen LogP contribution < -0.4 is 15.6 Å². The fraction of sp³-hybridized carbons (Fsp3) is 0.0526. The monoisotopic (exact) mass is 529 g/mol. The second kappa shape index (κ2) is 8.70. The zero-order valence-electron chi connectivity index (χ0n) is 16.5. The van der Waals surface area contributed by atoms with E-state index in [1.54, 1.807) is 0 Å². The minimum Gasteiger partial charge on any atom is -0.306 e. The molecule has 3 aromatic heterocycles. The number of benzene rings is 1. The van der Waals surface area contributed by atoms with Crippen molar-refractivity contribution in [2.24, 2.45) is 0 Å². The summed E-state index contributed by atoms with van der Waals surface area (Å²) < 4.78 is 66.2. The van der Waals surface area contributed by atoms with Crippen LogP contribution >= 0.6 is 22.9 Å². The Morgan fingerprint density at radius 3 is 2.47 bits per heavy atom. The van der Waals surface area contributed by atoms with Gasteiger partial charge < -0.3 is 5.32 Å². The molecule has 34 heavy (non-hydrogen) atoms. The second-order valence-electron chi connectivity index (χ2n) is 6.67. The summed E-state index contributed by atoms with van der Waals surface area (Å²) in [6, 6.07) is 6.80. The van der Waals surface area contributed by atoms with Gasteiger partial charge in [0.15, 0.2) is 0 Å². The zero-order chi connectivity index (χ0) is 24.7. The summed E-state index contributed by atoms with van der Waals surface area (Å²) in [5.41, 5.74) is -1.60. The van der Waals surface area contributed by atoms with Gasteiger partial charge in [0, 0.05) is 0 Å². The first-order chi connectivity index (χ1) is 15.9. The van der Waals surface area contributed by atoms with Crippen molar-refractivity contribution in [2.75, 3.05) is 5.32 Å². The minimum atomic E-state index is -4.63. The Bertz CT molecular complexity index is 1570. The van der Waals surface area contributed by atoms with Gasteiger partial charge in [0.05, 0.1) is 32.7 Å². The van der Waals surface area contributed by atoms with Crippen molar-refractivity contribution in [3.8, 4) is 5.82 Å². The topological polar surface area (TPSA) is 123 Å². The molecule has 2 amide bonds. The Kier molecular flexibility index (Phi) is 6.05. The number of carbonyl (C=O) groups excluding carboxylic acids is 1. The number of nitrogens with zero attached hydrogens (tertiary/aromatic N) is 3. The fourth-order valence-corrected chi connectivity index (χ4v) is 5.23. The molecule has 176 valence electrons. The SMILES string of the molecule is O=C(Nc1ccc(-n2cnc3ccc(C(F)(F)F)cc3c2=O)nc1)NS(=O)(=O)c1ccc(Cl)s1. The lowest BCUT2D eigenvalue weighted by Crippen LogP contribution is -2.34. The number of nitrogens with one attached hydrogen (secondary N) is 2. The number of anilines is 1. The van der Waals surface area contributed by atoms with Crippen molar-refractivity contribution >= 4 is 55.6 Å². The number of carbonyl (C=O) groups is 1. The van der Waals surface area contributed by atoms with Crippen molar-refractivity contribution in [1.82, 2.24) is 19.3 Å². The molecule has 0 unspecified atom stereocenters. The average Bonchev–Trinajstić information content (AvgIpc) is 3.21. The summed E-state index contributed by atoms with van der Waals surface area (Å²) in [5.74, 6) is 0.0172. The summed E-state index contributed by atoms with van der Waals surface area (Å²) in [5, 5.41) is 2.02. The van der Waals surface area contributed by atoms with Crippen molar-refractivity contribution in [1.29, 1.82) is 0 Å². The fourth-order valence-electron chi connectivity index (χ4n) is 2.84. The van der Waals surface area contributed by atoms with Gasteiger partial charge in [-0.25, -0.2) is 27.9 Å². The number of hydrogen-bond donors (Lipinski definition) is 2.